The molecule has 1 fully saturated rings. The van der Waals surface area contributed by atoms with Gasteiger partial charge >= 0.3 is 6.01 Å². The van der Waals surface area contributed by atoms with E-state index in [1.165, 1.54) is 13.4 Å². The molecule has 1 aliphatic heterocycles. The Bertz CT molecular complexity index is 1860. The monoisotopic (exact) mass is 526 g/mol. The molecule has 13 heteroatoms. The molecular formula is C25H19ClN10O2. The van der Waals surface area contributed by atoms with Crippen molar-refractivity contribution < 1.29 is 4.74 Å². The molecule has 7 rings (SSSR count). The number of H-pyrrole nitrogens is 1. The van der Waals surface area contributed by atoms with Crippen LogP contribution in [0, 0.1) is 0 Å². The smallest absolute Gasteiger partial charge is 0.316 e. The zero-order valence-electron chi connectivity index (χ0n) is 20.0. The molecule has 0 unspecified atom stereocenters. The van der Waals surface area contributed by atoms with Crippen molar-refractivity contribution >= 4 is 34.0 Å². The normalized spacial score (nSPS) is 15.2. The molecule has 0 radical (unpaired) electrons. The number of ether oxygens (including phenoxy) is 1. The topological polar surface area (TPSA) is 132 Å². The Balaban J connectivity index is 1.39. The van der Waals surface area contributed by atoms with Gasteiger partial charge in [-0.1, -0.05) is 29.8 Å². The fourth-order valence-corrected chi connectivity index (χ4v) is 5.04. The molecule has 1 aliphatic rings. The molecule has 38 heavy (non-hydrogen) atoms. The van der Waals surface area contributed by atoms with Crippen LogP contribution in [-0.4, -0.2) is 58.0 Å². The van der Waals surface area contributed by atoms with Gasteiger partial charge in [0.15, 0.2) is 11.5 Å². The largest absolute Gasteiger partial charge is 0.467 e. The van der Waals surface area contributed by atoms with Crippen molar-refractivity contribution in [1.82, 2.24) is 44.3 Å². The lowest BCUT2D eigenvalue weighted by Gasteiger charge is -2.42. The highest BCUT2D eigenvalue weighted by Gasteiger charge is 2.37. The van der Waals surface area contributed by atoms with Crippen LogP contribution in [-0.2, 0) is 0 Å². The first kappa shape index (κ1) is 22.4. The van der Waals surface area contributed by atoms with Crippen LogP contribution in [0.2, 0.25) is 5.02 Å². The van der Waals surface area contributed by atoms with Gasteiger partial charge in [-0.3, -0.25) is 14.5 Å². The first-order chi connectivity index (χ1) is 18.6. The molecule has 6 aromatic rings. The summed E-state index contributed by atoms with van der Waals surface area (Å²) in [6.45, 7) is 0.704. The molecule has 1 atom stereocenters. The summed E-state index contributed by atoms with van der Waals surface area (Å²) in [5.74, 6) is 1.25. The molecule has 1 saturated heterocycles. The molecule has 0 aliphatic carbocycles. The van der Waals surface area contributed by atoms with Gasteiger partial charge in [0.2, 0.25) is 0 Å². The summed E-state index contributed by atoms with van der Waals surface area (Å²) in [5.41, 5.74) is 2.70. The fraction of sp³-hybridized carbons (Fsp3) is 0.160. The maximum absolute atomic E-state index is 13.7. The molecule has 5 aromatic heterocycles. The molecular weight excluding hydrogens is 508 g/mol. The van der Waals surface area contributed by atoms with E-state index in [9.17, 15) is 4.79 Å². The summed E-state index contributed by atoms with van der Waals surface area (Å²) >= 11 is 6.36. The van der Waals surface area contributed by atoms with E-state index in [0.29, 0.717) is 51.3 Å². The average molecular weight is 527 g/mol. The predicted octanol–water partition coefficient (Wildman–Crippen LogP) is 3.22. The first-order valence-corrected chi connectivity index (χ1v) is 12.2. The Morgan fingerprint density at radius 3 is 2.63 bits per heavy atom. The summed E-state index contributed by atoms with van der Waals surface area (Å²) in [6, 6.07) is 11.1. The molecule has 0 bridgehead atoms. The third-order valence-electron chi connectivity index (χ3n) is 6.70. The number of hydrogen-bond acceptors (Lipinski definition) is 9. The molecule has 1 N–H and O–H groups in total. The van der Waals surface area contributed by atoms with E-state index in [0.717, 1.165) is 11.8 Å². The van der Waals surface area contributed by atoms with Gasteiger partial charge in [0.1, 0.15) is 17.7 Å². The van der Waals surface area contributed by atoms with E-state index in [4.69, 9.17) is 21.4 Å². The van der Waals surface area contributed by atoms with Crippen molar-refractivity contribution in [2.45, 2.75) is 12.5 Å². The van der Waals surface area contributed by atoms with E-state index in [1.54, 1.807) is 33.7 Å². The maximum Gasteiger partial charge on any atom is 0.316 e. The van der Waals surface area contributed by atoms with Gasteiger partial charge in [-0.05, 0) is 24.6 Å². The average Bonchev–Trinajstić information content (AvgIpc) is 3.53. The predicted molar refractivity (Wildman–Crippen MR) is 140 cm³/mol. The van der Waals surface area contributed by atoms with Gasteiger partial charge in [-0.2, -0.15) is 10.2 Å². The van der Waals surface area contributed by atoms with Crippen molar-refractivity contribution in [1.29, 1.82) is 0 Å². The molecule has 0 spiro atoms. The van der Waals surface area contributed by atoms with Crippen LogP contribution < -0.4 is 15.2 Å². The second-order valence-electron chi connectivity index (χ2n) is 8.74. The van der Waals surface area contributed by atoms with Crippen LogP contribution in [0.4, 0.5) is 5.82 Å². The number of nitrogens with one attached hydrogen (secondary N) is 1. The number of anilines is 1. The fourth-order valence-electron chi connectivity index (χ4n) is 4.82. The van der Waals surface area contributed by atoms with Crippen molar-refractivity contribution in [2.24, 2.45) is 0 Å². The minimum absolute atomic E-state index is 0.235. The number of para-hydroxylation sites is 1. The number of benzene rings is 1. The number of rotatable bonds is 5. The summed E-state index contributed by atoms with van der Waals surface area (Å²) in [4.78, 5) is 33.2. The number of aromatic amines is 1. The lowest BCUT2D eigenvalue weighted by Crippen LogP contribution is -2.45. The van der Waals surface area contributed by atoms with E-state index in [2.05, 4.69) is 35.0 Å². The standard InChI is InChI=1S/C25H19ClN10O2/c1-38-25-27-11-14(12-28-25)19-18-21(32-31-19)29-13-30-23(18)34-9-8-17(34)22-33-35-10-7-16(26)20(35)24(37)36(22)15-5-3-2-4-6-15/h2-7,10-13,17H,8-9H2,1H3,(H,29,30,31,32)/t17-/m0/s1. The second-order valence-corrected chi connectivity index (χ2v) is 9.15. The van der Waals surface area contributed by atoms with Crippen LogP contribution in [0.25, 0.3) is 33.5 Å². The van der Waals surface area contributed by atoms with E-state index >= 15 is 0 Å². The Kier molecular flexibility index (Phi) is 5.08. The van der Waals surface area contributed by atoms with E-state index in [1.807, 2.05) is 30.3 Å². The minimum atomic E-state index is -0.240. The van der Waals surface area contributed by atoms with Gasteiger partial charge in [0.05, 0.1) is 34.9 Å². The molecule has 188 valence electrons. The number of aromatic nitrogens is 9. The van der Waals surface area contributed by atoms with Crippen LogP contribution in [0.3, 0.4) is 0 Å². The Labute approximate surface area is 219 Å². The summed E-state index contributed by atoms with van der Waals surface area (Å²) in [6.07, 6.45) is 7.25. The highest BCUT2D eigenvalue weighted by molar-refractivity contribution is 6.33. The van der Waals surface area contributed by atoms with E-state index < -0.39 is 0 Å². The van der Waals surface area contributed by atoms with Crippen LogP contribution in [0.5, 0.6) is 6.01 Å². The van der Waals surface area contributed by atoms with E-state index in [-0.39, 0.29) is 17.6 Å². The number of nitrogens with zero attached hydrogens (tertiary/aromatic N) is 9. The third kappa shape index (κ3) is 3.34. The lowest BCUT2D eigenvalue weighted by atomic mass is 10.0. The SMILES string of the molecule is COc1ncc(-c2[nH]nc3ncnc(N4CC[C@H]4c4nn5ccc(Cl)c5c(=O)n4-c4ccccc4)c23)cn1. The van der Waals surface area contributed by atoms with Gasteiger partial charge in [0.25, 0.3) is 5.56 Å². The highest BCUT2D eigenvalue weighted by Crippen LogP contribution is 2.41. The Hall–Kier alpha value is -4.84. The van der Waals surface area contributed by atoms with Crippen LogP contribution >= 0.6 is 11.6 Å². The summed E-state index contributed by atoms with van der Waals surface area (Å²) in [7, 11) is 1.51. The van der Waals surface area contributed by atoms with Crippen molar-refractivity contribution in [3.05, 3.63) is 82.5 Å². The van der Waals surface area contributed by atoms with Crippen molar-refractivity contribution in [2.75, 3.05) is 18.6 Å². The molecule has 12 nitrogen and oxygen atoms in total. The second kappa shape index (κ2) is 8.63. The highest BCUT2D eigenvalue weighted by atomic mass is 35.5. The van der Waals surface area contributed by atoms with Gasteiger partial charge in [0, 0.05) is 30.7 Å². The quantitative estimate of drug-likeness (QED) is 0.359. The molecule has 1 aromatic carbocycles. The first-order valence-electron chi connectivity index (χ1n) is 11.8. The van der Waals surface area contributed by atoms with Gasteiger partial charge in [-0.25, -0.2) is 24.5 Å². The van der Waals surface area contributed by atoms with Crippen molar-refractivity contribution in [3.8, 4) is 23.0 Å². The number of halogens is 1. The van der Waals surface area contributed by atoms with Crippen LogP contribution in [0.15, 0.2) is 66.1 Å². The third-order valence-corrected chi connectivity index (χ3v) is 7.00. The number of hydrogen-bond donors (Lipinski definition) is 1. The van der Waals surface area contributed by atoms with Gasteiger partial charge in [-0.15, -0.1) is 0 Å². The van der Waals surface area contributed by atoms with Gasteiger partial charge < -0.3 is 9.64 Å². The number of fused-ring (bicyclic) bond motifs is 2. The Morgan fingerprint density at radius 1 is 1.08 bits per heavy atom. The lowest BCUT2D eigenvalue weighted by molar-refractivity contribution is 0.380. The van der Waals surface area contributed by atoms with Crippen molar-refractivity contribution in [3.63, 3.8) is 0 Å². The number of methoxy groups -OCH3 is 1. The maximum atomic E-state index is 13.7. The minimum Gasteiger partial charge on any atom is -0.467 e. The zero-order chi connectivity index (χ0) is 25.8. The molecule has 0 amide bonds. The summed E-state index contributed by atoms with van der Waals surface area (Å²) in [5, 5.41) is 13.4. The summed E-state index contributed by atoms with van der Waals surface area (Å²) < 4.78 is 8.26. The molecule has 6 heterocycles. The zero-order valence-corrected chi connectivity index (χ0v) is 20.7. The molecule has 0 saturated carbocycles. The Morgan fingerprint density at radius 2 is 1.89 bits per heavy atom. The van der Waals surface area contributed by atoms with Crippen LogP contribution in [0.1, 0.15) is 18.3 Å².